The first-order chi connectivity index (χ1) is 8.90. The Morgan fingerprint density at radius 1 is 1.17 bits per heavy atom. The van der Waals surface area contributed by atoms with E-state index in [1.165, 1.54) is 24.8 Å². The first-order valence-corrected chi connectivity index (χ1v) is 7.68. The summed E-state index contributed by atoms with van der Waals surface area (Å²) < 4.78 is 0. The minimum absolute atomic E-state index is 0.385. The van der Waals surface area contributed by atoms with E-state index in [0.717, 1.165) is 6.54 Å². The first-order valence-electron chi connectivity index (χ1n) is 6.74. The predicted octanol–water partition coefficient (Wildman–Crippen LogP) is 3.67. The number of hydrogen-bond donors (Lipinski definition) is 1. The van der Waals surface area contributed by atoms with Gasteiger partial charge in [0.25, 0.3) is 0 Å². The Bertz CT molecular complexity index is 554. The third-order valence-corrected chi connectivity index (χ3v) is 5.23. The van der Waals surface area contributed by atoms with E-state index < -0.39 is 0 Å². The van der Waals surface area contributed by atoms with Crippen molar-refractivity contribution in [3.8, 4) is 0 Å². The Hall–Kier alpha value is -1.12. The van der Waals surface area contributed by atoms with Crippen molar-refractivity contribution in [1.29, 1.82) is 0 Å². The molecular formula is C16H17NS. The van der Waals surface area contributed by atoms with Crippen molar-refractivity contribution >= 4 is 11.3 Å². The van der Waals surface area contributed by atoms with Gasteiger partial charge in [0.05, 0.1) is 0 Å². The van der Waals surface area contributed by atoms with Gasteiger partial charge in [-0.3, -0.25) is 0 Å². The van der Waals surface area contributed by atoms with Crippen LogP contribution in [0.2, 0.25) is 0 Å². The molecule has 1 nitrogen and oxygen atoms in total. The number of thiophene rings is 1. The molecule has 1 atom stereocenters. The van der Waals surface area contributed by atoms with Gasteiger partial charge < -0.3 is 5.32 Å². The Balaban J connectivity index is 1.79. The highest BCUT2D eigenvalue weighted by molar-refractivity contribution is 7.08. The zero-order valence-corrected chi connectivity index (χ0v) is 11.2. The number of nitrogens with one attached hydrogen (secondary N) is 1. The monoisotopic (exact) mass is 255 g/mol. The molecule has 2 heteroatoms. The minimum atomic E-state index is 0.385. The molecule has 1 aromatic heterocycles. The van der Waals surface area contributed by atoms with Gasteiger partial charge in [-0.15, -0.1) is 0 Å². The summed E-state index contributed by atoms with van der Waals surface area (Å²) in [6.07, 6.45) is 3.83. The molecule has 2 aromatic rings. The van der Waals surface area contributed by atoms with Gasteiger partial charge in [0.15, 0.2) is 0 Å². The molecule has 1 N–H and O–H groups in total. The van der Waals surface area contributed by atoms with Gasteiger partial charge >= 0.3 is 0 Å². The van der Waals surface area contributed by atoms with Gasteiger partial charge in [-0.25, -0.2) is 0 Å². The van der Waals surface area contributed by atoms with Crippen LogP contribution in [0.1, 0.15) is 35.6 Å². The Morgan fingerprint density at radius 3 is 2.83 bits per heavy atom. The Kier molecular flexibility index (Phi) is 2.36. The number of fused-ring (bicyclic) bond motifs is 1. The molecule has 1 aliphatic carbocycles. The quantitative estimate of drug-likeness (QED) is 0.863. The lowest BCUT2D eigenvalue weighted by atomic mass is 9.81. The van der Waals surface area contributed by atoms with Crippen LogP contribution >= 0.6 is 11.3 Å². The largest absolute Gasteiger partial charge is 0.309 e. The van der Waals surface area contributed by atoms with Gasteiger partial charge in [0.1, 0.15) is 0 Å². The van der Waals surface area contributed by atoms with E-state index in [0.29, 0.717) is 11.5 Å². The summed E-state index contributed by atoms with van der Waals surface area (Å²) in [5.41, 5.74) is 5.01. The summed E-state index contributed by atoms with van der Waals surface area (Å²) in [6, 6.07) is 11.8. The normalized spacial score (nSPS) is 24.6. The van der Waals surface area contributed by atoms with E-state index in [2.05, 4.69) is 46.4 Å². The van der Waals surface area contributed by atoms with Crippen molar-refractivity contribution in [2.24, 2.45) is 0 Å². The van der Waals surface area contributed by atoms with Crippen LogP contribution in [0.3, 0.4) is 0 Å². The molecule has 2 aliphatic rings. The highest BCUT2D eigenvalue weighted by atomic mass is 32.1. The first kappa shape index (κ1) is 10.8. The van der Waals surface area contributed by atoms with Crippen LogP contribution in [-0.4, -0.2) is 6.54 Å². The average Bonchev–Trinajstić information content (AvgIpc) is 3.04. The molecule has 0 saturated heterocycles. The molecule has 1 aromatic carbocycles. The van der Waals surface area contributed by atoms with Crippen molar-refractivity contribution in [3.05, 3.63) is 57.8 Å². The second-order valence-corrected chi connectivity index (χ2v) is 6.28. The van der Waals surface area contributed by atoms with Crippen LogP contribution in [-0.2, 0) is 11.8 Å². The molecule has 0 radical (unpaired) electrons. The van der Waals surface area contributed by atoms with E-state index in [1.54, 1.807) is 11.1 Å². The molecule has 1 fully saturated rings. The van der Waals surface area contributed by atoms with E-state index in [1.807, 2.05) is 11.3 Å². The molecule has 1 saturated carbocycles. The molecule has 4 rings (SSSR count). The smallest absolute Gasteiger partial charge is 0.0421 e. The van der Waals surface area contributed by atoms with Gasteiger partial charge in [0, 0.05) is 11.5 Å². The highest BCUT2D eigenvalue weighted by Crippen LogP contribution is 2.57. The zero-order valence-electron chi connectivity index (χ0n) is 10.4. The topological polar surface area (TPSA) is 12.0 Å². The molecule has 1 aliphatic heterocycles. The zero-order chi connectivity index (χ0) is 12.0. The van der Waals surface area contributed by atoms with E-state index >= 15 is 0 Å². The van der Waals surface area contributed by atoms with Crippen molar-refractivity contribution < 1.29 is 0 Å². The maximum atomic E-state index is 3.77. The van der Waals surface area contributed by atoms with E-state index in [-0.39, 0.29) is 0 Å². The second-order valence-electron chi connectivity index (χ2n) is 5.50. The van der Waals surface area contributed by atoms with Crippen molar-refractivity contribution in [2.45, 2.75) is 30.7 Å². The van der Waals surface area contributed by atoms with Crippen molar-refractivity contribution in [1.82, 2.24) is 5.32 Å². The highest BCUT2D eigenvalue weighted by Gasteiger charge is 2.52. The molecule has 1 unspecified atom stereocenters. The fraction of sp³-hybridized carbons (Fsp3) is 0.375. The van der Waals surface area contributed by atoms with Gasteiger partial charge in [-0.2, -0.15) is 11.3 Å². The third-order valence-electron chi connectivity index (χ3n) is 4.55. The summed E-state index contributed by atoms with van der Waals surface area (Å²) in [5, 5.41) is 8.32. The van der Waals surface area contributed by atoms with Crippen molar-refractivity contribution in [2.75, 3.05) is 6.54 Å². The standard InChI is InChI=1S/C16H17NS/c1-2-4-14-12(3-1)5-9-17-15(14)16(7-8-16)13-6-10-18-11-13/h1-4,6,10-11,15,17H,5,7-9H2. The summed E-state index contributed by atoms with van der Waals surface area (Å²) in [4.78, 5) is 0. The van der Waals surface area contributed by atoms with E-state index in [9.17, 15) is 0 Å². The molecule has 0 spiro atoms. The molecule has 0 amide bonds. The fourth-order valence-electron chi connectivity index (χ4n) is 3.42. The summed E-state index contributed by atoms with van der Waals surface area (Å²) in [7, 11) is 0. The average molecular weight is 255 g/mol. The maximum absolute atomic E-state index is 3.77. The lowest BCUT2D eigenvalue weighted by molar-refractivity contribution is 0.411. The van der Waals surface area contributed by atoms with Crippen LogP contribution in [0.4, 0.5) is 0 Å². The Morgan fingerprint density at radius 2 is 2.06 bits per heavy atom. The minimum Gasteiger partial charge on any atom is -0.309 e. The third kappa shape index (κ3) is 1.49. The second kappa shape index (κ2) is 3.94. The van der Waals surface area contributed by atoms with Crippen LogP contribution in [0.25, 0.3) is 0 Å². The number of hydrogen-bond acceptors (Lipinski definition) is 2. The molecule has 0 bridgehead atoms. The lowest BCUT2D eigenvalue weighted by Crippen LogP contribution is -2.37. The maximum Gasteiger partial charge on any atom is 0.0421 e. The Labute approximate surface area is 112 Å². The number of benzene rings is 1. The predicted molar refractivity (Wildman–Crippen MR) is 76.1 cm³/mol. The van der Waals surface area contributed by atoms with Crippen LogP contribution in [0.15, 0.2) is 41.1 Å². The SMILES string of the molecule is c1ccc2c(c1)CCNC2C1(c2ccsc2)CC1. The lowest BCUT2D eigenvalue weighted by Gasteiger charge is -2.33. The summed E-state index contributed by atoms with van der Waals surface area (Å²) in [6.45, 7) is 1.12. The van der Waals surface area contributed by atoms with Crippen LogP contribution < -0.4 is 5.32 Å². The van der Waals surface area contributed by atoms with Crippen LogP contribution in [0, 0.1) is 0 Å². The van der Waals surface area contributed by atoms with Gasteiger partial charge in [0.2, 0.25) is 0 Å². The summed E-state index contributed by atoms with van der Waals surface area (Å²) in [5.74, 6) is 0. The van der Waals surface area contributed by atoms with Gasteiger partial charge in [-0.1, -0.05) is 24.3 Å². The molecule has 2 heterocycles. The summed E-state index contributed by atoms with van der Waals surface area (Å²) >= 11 is 1.82. The number of rotatable bonds is 2. The van der Waals surface area contributed by atoms with E-state index in [4.69, 9.17) is 0 Å². The molecular weight excluding hydrogens is 238 g/mol. The van der Waals surface area contributed by atoms with Gasteiger partial charge in [-0.05, 0) is 59.3 Å². The molecule has 92 valence electrons. The van der Waals surface area contributed by atoms with Crippen LogP contribution in [0.5, 0.6) is 0 Å². The van der Waals surface area contributed by atoms with Crippen molar-refractivity contribution in [3.63, 3.8) is 0 Å². The molecule has 18 heavy (non-hydrogen) atoms. The fourth-order valence-corrected chi connectivity index (χ4v) is 4.19.